The van der Waals surface area contributed by atoms with E-state index in [0.717, 1.165) is 27.7 Å². The fourth-order valence-electron chi connectivity index (χ4n) is 2.69. The van der Waals surface area contributed by atoms with E-state index < -0.39 is 5.82 Å². The second-order valence-corrected chi connectivity index (χ2v) is 6.86. The molecule has 1 aromatic carbocycles. The number of hydrogen-bond acceptors (Lipinski definition) is 2. The smallest absolute Gasteiger partial charge is 0.142 e. The first-order valence-electron chi connectivity index (χ1n) is 7.10. The number of thiophene rings is 1. The Morgan fingerprint density at radius 3 is 2.83 bits per heavy atom. The van der Waals surface area contributed by atoms with Gasteiger partial charge in [0.25, 0.3) is 0 Å². The van der Waals surface area contributed by atoms with Gasteiger partial charge in [-0.25, -0.2) is 9.37 Å². The van der Waals surface area contributed by atoms with Crippen LogP contribution in [-0.4, -0.2) is 9.97 Å². The lowest BCUT2D eigenvalue weighted by Gasteiger charge is -2.04. The van der Waals surface area contributed by atoms with Gasteiger partial charge in [-0.1, -0.05) is 23.7 Å². The number of aromatic amines is 1. The molecule has 23 heavy (non-hydrogen) atoms. The molecule has 3 heterocycles. The number of rotatable bonds is 2. The number of fused-ring (bicyclic) bond motifs is 1. The van der Waals surface area contributed by atoms with Crippen LogP contribution in [0.15, 0.2) is 48.1 Å². The molecule has 0 radical (unpaired) electrons. The average molecular weight is 343 g/mol. The first-order chi connectivity index (χ1) is 11.1. The van der Waals surface area contributed by atoms with Crippen LogP contribution in [0.25, 0.3) is 33.3 Å². The molecule has 1 N–H and O–H groups in total. The minimum atomic E-state index is -0.420. The lowest BCUT2D eigenvalue weighted by molar-refractivity contribution is 0.629. The second kappa shape index (κ2) is 5.48. The number of pyridine rings is 1. The average Bonchev–Trinajstić information content (AvgIpc) is 3.16. The molecule has 5 heteroatoms. The summed E-state index contributed by atoms with van der Waals surface area (Å²) in [5.41, 5.74) is 4.45. The molecule has 4 rings (SSSR count). The van der Waals surface area contributed by atoms with Crippen LogP contribution < -0.4 is 0 Å². The molecule has 114 valence electrons. The number of aromatic nitrogens is 2. The van der Waals surface area contributed by atoms with Crippen molar-refractivity contribution >= 4 is 34.0 Å². The zero-order chi connectivity index (χ0) is 16.0. The third-order valence-electron chi connectivity index (χ3n) is 3.84. The monoisotopic (exact) mass is 342 g/mol. The molecule has 0 bridgehead atoms. The summed E-state index contributed by atoms with van der Waals surface area (Å²) in [6.45, 7) is 2.08. The van der Waals surface area contributed by atoms with Gasteiger partial charge >= 0.3 is 0 Å². The number of nitrogens with zero attached hydrogens (tertiary/aromatic N) is 1. The summed E-state index contributed by atoms with van der Waals surface area (Å²) in [6, 6.07) is 9.04. The number of aryl methyl sites for hydroxylation is 1. The van der Waals surface area contributed by atoms with Gasteiger partial charge in [0.05, 0.1) is 5.02 Å². The van der Waals surface area contributed by atoms with E-state index in [4.69, 9.17) is 11.6 Å². The van der Waals surface area contributed by atoms with Gasteiger partial charge in [-0.15, -0.1) is 11.3 Å². The standard InChI is InChI=1S/C18H12ClFN2S/c1-10-5-12(9-23-10)11-6-14-15(8-22-18(14)21-7-11)13-3-2-4-16(20)17(13)19/h2-9H,1H3,(H,21,22). The van der Waals surface area contributed by atoms with Crippen molar-refractivity contribution in [1.82, 2.24) is 9.97 Å². The Morgan fingerprint density at radius 2 is 2.04 bits per heavy atom. The highest BCUT2D eigenvalue weighted by molar-refractivity contribution is 7.10. The van der Waals surface area contributed by atoms with Crippen LogP contribution in [0.2, 0.25) is 5.02 Å². The van der Waals surface area contributed by atoms with E-state index in [9.17, 15) is 4.39 Å². The summed E-state index contributed by atoms with van der Waals surface area (Å²) in [7, 11) is 0. The van der Waals surface area contributed by atoms with Crippen LogP contribution in [0.1, 0.15) is 4.88 Å². The van der Waals surface area contributed by atoms with Crippen LogP contribution >= 0.6 is 22.9 Å². The van der Waals surface area contributed by atoms with E-state index in [2.05, 4.69) is 34.4 Å². The Balaban J connectivity index is 1.93. The van der Waals surface area contributed by atoms with Gasteiger partial charge in [-0.05, 0) is 36.1 Å². The zero-order valence-corrected chi connectivity index (χ0v) is 13.8. The topological polar surface area (TPSA) is 28.7 Å². The number of H-pyrrole nitrogens is 1. The van der Waals surface area contributed by atoms with E-state index in [0.29, 0.717) is 5.56 Å². The molecule has 0 aliphatic carbocycles. The van der Waals surface area contributed by atoms with E-state index >= 15 is 0 Å². The molecule has 2 nitrogen and oxygen atoms in total. The van der Waals surface area contributed by atoms with Crippen molar-refractivity contribution in [1.29, 1.82) is 0 Å². The van der Waals surface area contributed by atoms with Crippen molar-refractivity contribution in [2.45, 2.75) is 6.92 Å². The van der Waals surface area contributed by atoms with E-state index in [1.807, 2.05) is 18.5 Å². The normalized spacial score (nSPS) is 11.3. The third-order valence-corrected chi connectivity index (χ3v) is 5.08. The highest BCUT2D eigenvalue weighted by atomic mass is 35.5. The Labute approximate surface area is 141 Å². The van der Waals surface area contributed by atoms with E-state index in [1.54, 1.807) is 17.4 Å². The highest BCUT2D eigenvalue weighted by Gasteiger charge is 2.14. The van der Waals surface area contributed by atoms with Crippen LogP contribution in [0, 0.1) is 12.7 Å². The van der Waals surface area contributed by atoms with Gasteiger partial charge in [-0.3, -0.25) is 0 Å². The predicted molar refractivity (Wildman–Crippen MR) is 94.5 cm³/mol. The summed E-state index contributed by atoms with van der Waals surface area (Å²) in [5.74, 6) is -0.420. The number of halogens is 2. The molecule has 0 aliphatic heterocycles. The summed E-state index contributed by atoms with van der Waals surface area (Å²) in [4.78, 5) is 8.86. The van der Waals surface area contributed by atoms with Gasteiger partial charge in [-0.2, -0.15) is 0 Å². The Hall–Kier alpha value is -2.17. The SMILES string of the molecule is Cc1cc(-c2cnc3[nH]cc(-c4cccc(F)c4Cl)c3c2)cs1. The maximum Gasteiger partial charge on any atom is 0.142 e. The maximum absolute atomic E-state index is 13.8. The number of hydrogen-bond donors (Lipinski definition) is 1. The highest BCUT2D eigenvalue weighted by Crippen LogP contribution is 2.36. The van der Waals surface area contributed by atoms with Gasteiger partial charge in [0, 0.05) is 39.3 Å². The molecule has 0 saturated carbocycles. The minimum Gasteiger partial charge on any atom is -0.346 e. The van der Waals surface area contributed by atoms with Gasteiger partial charge in [0.15, 0.2) is 0 Å². The molecule has 0 spiro atoms. The molecule has 3 aromatic heterocycles. The van der Waals surface area contributed by atoms with Crippen molar-refractivity contribution in [2.75, 3.05) is 0 Å². The fourth-order valence-corrected chi connectivity index (χ4v) is 3.63. The molecule has 4 aromatic rings. The molecular formula is C18H12ClFN2S. The maximum atomic E-state index is 13.8. The van der Waals surface area contributed by atoms with Gasteiger partial charge < -0.3 is 4.98 Å². The zero-order valence-electron chi connectivity index (χ0n) is 12.2. The van der Waals surface area contributed by atoms with Crippen molar-refractivity contribution in [3.63, 3.8) is 0 Å². The minimum absolute atomic E-state index is 0.130. The molecule has 0 saturated heterocycles. The van der Waals surface area contributed by atoms with Crippen molar-refractivity contribution < 1.29 is 4.39 Å². The quantitative estimate of drug-likeness (QED) is 0.471. The lowest BCUT2D eigenvalue weighted by Crippen LogP contribution is -1.84. The summed E-state index contributed by atoms with van der Waals surface area (Å²) < 4.78 is 13.8. The van der Waals surface area contributed by atoms with E-state index in [-0.39, 0.29) is 5.02 Å². The van der Waals surface area contributed by atoms with Crippen LogP contribution in [0.5, 0.6) is 0 Å². The van der Waals surface area contributed by atoms with Crippen LogP contribution in [0.3, 0.4) is 0 Å². The lowest BCUT2D eigenvalue weighted by atomic mass is 10.0. The Morgan fingerprint density at radius 1 is 1.17 bits per heavy atom. The third kappa shape index (κ3) is 2.44. The summed E-state index contributed by atoms with van der Waals surface area (Å²) >= 11 is 7.84. The molecular weight excluding hydrogens is 331 g/mol. The van der Waals surface area contributed by atoms with Crippen LogP contribution in [-0.2, 0) is 0 Å². The molecule has 0 aliphatic rings. The fraction of sp³-hybridized carbons (Fsp3) is 0.0556. The van der Waals surface area contributed by atoms with Gasteiger partial charge in [0.1, 0.15) is 11.5 Å². The van der Waals surface area contributed by atoms with Crippen LogP contribution in [0.4, 0.5) is 4.39 Å². The largest absolute Gasteiger partial charge is 0.346 e. The number of benzene rings is 1. The van der Waals surface area contributed by atoms with Crippen molar-refractivity contribution in [3.8, 4) is 22.3 Å². The molecule has 0 amide bonds. The summed E-state index contributed by atoms with van der Waals surface area (Å²) in [5, 5.41) is 3.17. The summed E-state index contributed by atoms with van der Waals surface area (Å²) in [6.07, 6.45) is 3.66. The van der Waals surface area contributed by atoms with Gasteiger partial charge in [0.2, 0.25) is 0 Å². The van der Waals surface area contributed by atoms with Crippen molar-refractivity contribution in [3.05, 3.63) is 63.8 Å². The Bertz CT molecular complexity index is 1020. The van der Waals surface area contributed by atoms with E-state index in [1.165, 1.54) is 10.9 Å². The number of nitrogens with one attached hydrogen (secondary N) is 1. The Kier molecular flexibility index (Phi) is 3.43. The molecule has 0 unspecified atom stereocenters. The first-order valence-corrected chi connectivity index (χ1v) is 8.36. The first kappa shape index (κ1) is 14.4. The van der Waals surface area contributed by atoms with Crippen molar-refractivity contribution in [2.24, 2.45) is 0 Å². The second-order valence-electron chi connectivity index (χ2n) is 5.37. The molecule has 0 atom stereocenters. The predicted octanol–water partition coefficient (Wildman–Crippen LogP) is 6.06. The molecule has 0 fully saturated rings.